The SMILES string of the molecule is C=CC(/C=N/Nc1cc(N2CCOCC2)n2nc(-c3ccc(C)cc3)c(Br)c2n1)=C\C(=C)C. The van der Waals surface area contributed by atoms with Crippen LogP contribution in [0, 0.1) is 6.92 Å². The van der Waals surface area contributed by atoms with Crippen LogP contribution in [0.2, 0.25) is 0 Å². The van der Waals surface area contributed by atoms with E-state index in [1.807, 2.05) is 23.6 Å². The number of hydrogen-bond acceptors (Lipinski definition) is 6. The van der Waals surface area contributed by atoms with Gasteiger partial charge in [-0.05, 0) is 35.4 Å². The van der Waals surface area contributed by atoms with Gasteiger partial charge in [0.25, 0.3) is 0 Å². The van der Waals surface area contributed by atoms with E-state index in [4.69, 9.17) is 14.8 Å². The summed E-state index contributed by atoms with van der Waals surface area (Å²) >= 11 is 3.74. The normalized spacial score (nSPS) is 14.8. The van der Waals surface area contributed by atoms with Gasteiger partial charge in [0.2, 0.25) is 0 Å². The Balaban J connectivity index is 1.76. The second kappa shape index (κ2) is 10.1. The number of aryl methyl sites for hydroxylation is 1. The summed E-state index contributed by atoms with van der Waals surface area (Å²) in [6.45, 7) is 14.6. The molecule has 0 aliphatic carbocycles. The monoisotopic (exact) mass is 506 g/mol. The van der Waals surface area contributed by atoms with Crippen LogP contribution >= 0.6 is 15.9 Å². The van der Waals surface area contributed by atoms with Crippen molar-refractivity contribution in [2.75, 3.05) is 36.6 Å². The molecule has 7 nitrogen and oxygen atoms in total. The molecule has 1 N–H and O–H groups in total. The molecule has 1 aliphatic rings. The first-order valence-corrected chi connectivity index (χ1v) is 11.5. The van der Waals surface area contributed by atoms with E-state index < -0.39 is 0 Å². The first kappa shape index (κ1) is 22.9. The van der Waals surface area contributed by atoms with Crippen LogP contribution in [0.25, 0.3) is 16.9 Å². The summed E-state index contributed by atoms with van der Waals surface area (Å²) in [7, 11) is 0. The number of anilines is 2. The minimum Gasteiger partial charge on any atom is -0.378 e. The number of rotatable bonds is 7. The average Bonchev–Trinajstić information content (AvgIpc) is 3.15. The van der Waals surface area contributed by atoms with E-state index in [0.29, 0.717) is 24.7 Å². The standard InChI is InChI=1S/C25H27BrN6O/c1-5-19(14-17(2)3)16-27-29-21-15-22(31-10-12-33-13-11-31)32-25(28-21)23(26)24(30-32)20-8-6-18(4)7-9-20/h5-9,14-16H,1-2,10-13H2,3-4H3,(H,28,29)/b19-14+,27-16+. The fourth-order valence-electron chi connectivity index (χ4n) is 3.55. The number of nitrogens with zero attached hydrogens (tertiary/aromatic N) is 5. The molecule has 1 saturated heterocycles. The molecule has 0 radical (unpaired) electrons. The quantitative estimate of drug-likeness (QED) is 0.264. The summed E-state index contributed by atoms with van der Waals surface area (Å²) in [5.41, 5.74) is 8.63. The average molecular weight is 507 g/mol. The topological polar surface area (TPSA) is 67.0 Å². The number of morpholine rings is 1. The lowest BCUT2D eigenvalue weighted by Crippen LogP contribution is -2.37. The van der Waals surface area contributed by atoms with Crippen molar-refractivity contribution in [2.45, 2.75) is 13.8 Å². The Kier molecular flexibility index (Phi) is 7.05. The van der Waals surface area contributed by atoms with Gasteiger partial charge in [0.05, 0.1) is 23.9 Å². The lowest BCUT2D eigenvalue weighted by Gasteiger charge is -2.29. The number of ether oxygens (including phenoxy) is 1. The molecule has 3 heterocycles. The van der Waals surface area contributed by atoms with Gasteiger partial charge >= 0.3 is 0 Å². The molecule has 3 aromatic rings. The molecule has 1 fully saturated rings. The number of hydrazone groups is 1. The van der Waals surface area contributed by atoms with Crippen LogP contribution in [-0.4, -0.2) is 47.1 Å². The maximum atomic E-state index is 5.55. The summed E-state index contributed by atoms with van der Waals surface area (Å²) in [6.07, 6.45) is 5.34. The van der Waals surface area contributed by atoms with E-state index in [2.05, 4.69) is 75.7 Å². The lowest BCUT2D eigenvalue weighted by molar-refractivity contribution is 0.122. The van der Waals surface area contributed by atoms with Gasteiger partial charge in [0.1, 0.15) is 11.5 Å². The molecule has 4 rings (SSSR count). The van der Waals surface area contributed by atoms with Crippen molar-refractivity contribution in [3.05, 3.63) is 76.8 Å². The number of nitrogens with one attached hydrogen (secondary N) is 1. The highest BCUT2D eigenvalue weighted by molar-refractivity contribution is 9.10. The van der Waals surface area contributed by atoms with E-state index in [1.165, 1.54) is 5.56 Å². The van der Waals surface area contributed by atoms with Gasteiger partial charge in [-0.1, -0.05) is 60.7 Å². The molecule has 0 saturated carbocycles. The summed E-state index contributed by atoms with van der Waals surface area (Å²) in [6, 6.07) is 10.3. The summed E-state index contributed by atoms with van der Waals surface area (Å²) < 4.78 is 8.27. The molecule has 0 amide bonds. The Morgan fingerprint density at radius 3 is 2.64 bits per heavy atom. The zero-order valence-corrected chi connectivity index (χ0v) is 20.5. The van der Waals surface area contributed by atoms with Gasteiger partial charge in [-0.3, -0.25) is 5.43 Å². The third kappa shape index (κ3) is 5.23. The summed E-state index contributed by atoms with van der Waals surface area (Å²) in [5.74, 6) is 1.55. The largest absolute Gasteiger partial charge is 0.378 e. The number of hydrogen-bond donors (Lipinski definition) is 1. The van der Waals surface area contributed by atoms with E-state index in [9.17, 15) is 0 Å². The molecule has 0 bridgehead atoms. The molecule has 0 atom stereocenters. The second-order valence-electron chi connectivity index (χ2n) is 7.93. The Morgan fingerprint density at radius 1 is 1.24 bits per heavy atom. The minimum atomic E-state index is 0.620. The van der Waals surface area contributed by atoms with Crippen molar-refractivity contribution in [3.63, 3.8) is 0 Å². The Morgan fingerprint density at radius 2 is 1.97 bits per heavy atom. The van der Waals surface area contributed by atoms with E-state index in [0.717, 1.165) is 45.8 Å². The van der Waals surface area contributed by atoms with Gasteiger partial charge in [-0.15, -0.1) is 0 Å². The number of allylic oxidation sites excluding steroid dienone is 4. The number of benzene rings is 1. The first-order valence-electron chi connectivity index (χ1n) is 10.7. The molecule has 1 aliphatic heterocycles. The third-order valence-corrected chi connectivity index (χ3v) is 5.95. The zero-order chi connectivity index (χ0) is 23.4. The minimum absolute atomic E-state index is 0.620. The fourth-order valence-corrected chi connectivity index (χ4v) is 4.12. The summed E-state index contributed by atoms with van der Waals surface area (Å²) in [4.78, 5) is 7.04. The zero-order valence-electron chi connectivity index (χ0n) is 18.9. The van der Waals surface area contributed by atoms with E-state index in [-0.39, 0.29) is 0 Å². The first-order chi connectivity index (χ1) is 16.0. The lowest BCUT2D eigenvalue weighted by atomic mass is 10.1. The highest BCUT2D eigenvalue weighted by Crippen LogP contribution is 2.34. The number of fused-ring (bicyclic) bond motifs is 1. The van der Waals surface area contributed by atoms with Crippen LogP contribution in [0.4, 0.5) is 11.6 Å². The highest BCUT2D eigenvalue weighted by atomic mass is 79.9. The van der Waals surface area contributed by atoms with Crippen LogP contribution in [0.15, 0.2) is 76.4 Å². The maximum absolute atomic E-state index is 5.55. The molecule has 33 heavy (non-hydrogen) atoms. The maximum Gasteiger partial charge on any atom is 0.174 e. The predicted octanol–water partition coefficient (Wildman–Crippen LogP) is 5.39. The molecule has 2 aromatic heterocycles. The summed E-state index contributed by atoms with van der Waals surface area (Å²) in [5, 5.41) is 9.27. The number of halogens is 1. The Bertz CT molecular complexity index is 1240. The molecule has 1 aromatic carbocycles. The van der Waals surface area contributed by atoms with Crippen LogP contribution in [0.3, 0.4) is 0 Å². The molecular formula is C25H27BrN6O. The van der Waals surface area contributed by atoms with Crippen molar-refractivity contribution in [1.82, 2.24) is 14.6 Å². The van der Waals surface area contributed by atoms with Crippen LogP contribution in [0.1, 0.15) is 12.5 Å². The Labute approximate surface area is 202 Å². The van der Waals surface area contributed by atoms with Gasteiger partial charge in [-0.25, -0.2) is 4.98 Å². The van der Waals surface area contributed by atoms with Crippen molar-refractivity contribution in [2.24, 2.45) is 5.10 Å². The van der Waals surface area contributed by atoms with Crippen molar-refractivity contribution in [3.8, 4) is 11.3 Å². The van der Waals surface area contributed by atoms with Crippen LogP contribution < -0.4 is 10.3 Å². The predicted molar refractivity (Wildman–Crippen MR) is 139 cm³/mol. The third-order valence-electron chi connectivity index (χ3n) is 5.22. The molecule has 0 spiro atoms. The highest BCUT2D eigenvalue weighted by Gasteiger charge is 2.21. The van der Waals surface area contributed by atoms with E-state index in [1.54, 1.807) is 12.3 Å². The van der Waals surface area contributed by atoms with Gasteiger partial charge in [0.15, 0.2) is 11.5 Å². The fraction of sp³-hybridized carbons (Fsp3) is 0.240. The second-order valence-corrected chi connectivity index (χ2v) is 8.72. The molecule has 8 heteroatoms. The van der Waals surface area contributed by atoms with Crippen LogP contribution in [-0.2, 0) is 4.74 Å². The van der Waals surface area contributed by atoms with Crippen molar-refractivity contribution >= 4 is 39.4 Å². The van der Waals surface area contributed by atoms with Gasteiger partial charge < -0.3 is 9.64 Å². The molecule has 170 valence electrons. The van der Waals surface area contributed by atoms with Crippen molar-refractivity contribution < 1.29 is 4.74 Å². The molecule has 0 unspecified atom stereocenters. The van der Waals surface area contributed by atoms with Crippen molar-refractivity contribution in [1.29, 1.82) is 0 Å². The number of aromatic nitrogens is 3. The van der Waals surface area contributed by atoms with Gasteiger partial charge in [0, 0.05) is 24.7 Å². The smallest absolute Gasteiger partial charge is 0.174 e. The Hall–Kier alpha value is -3.23. The van der Waals surface area contributed by atoms with Gasteiger partial charge in [-0.2, -0.15) is 14.7 Å². The van der Waals surface area contributed by atoms with Crippen LogP contribution in [0.5, 0.6) is 0 Å². The van der Waals surface area contributed by atoms with E-state index >= 15 is 0 Å². The molecular weight excluding hydrogens is 480 g/mol.